The number of ether oxygens (including phenoxy) is 1. The largest absolute Gasteiger partial charge is 0.486 e. The summed E-state index contributed by atoms with van der Waals surface area (Å²) in [5, 5.41) is 8.03. The average molecular weight is 294 g/mol. The molecule has 1 heterocycles. The van der Waals surface area contributed by atoms with Gasteiger partial charge in [0.2, 0.25) is 0 Å². The van der Waals surface area contributed by atoms with Crippen LogP contribution >= 0.6 is 0 Å². The van der Waals surface area contributed by atoms with E-state index >= 15 is 0 Å². The summed E-state index contributed by atoms with van der Waals surface area (Å²) < 4.78 is 5.72. The Morgan fingerprint density at radius 3 is 2.23 bits per heavy atom. The van der Waals surface area contributed by atoms with Crippen LogP contribution in [0.1, 0.15) is 24.0 Å². The molecule has 0 bridgehead atoms. The molecular formula is C19H22N2O. The molecular weight excluding hydrogens is 272 g/mol. The predicted octanol–water partition coefficient (Wildman–Crippen LogP) is 3.73. The maximum atomic E-state index is 8.03. The molecule has 114 valence electrons. The first-order chi connectivity index (χ1) is 10.8. The number of nitrogens with one attached hydrogen (secondary N) is 1. The first-order valence-corrected chi connectivity index (χ1v) is 7.89. The van der Waals surface area contributed by atoms with E-state index in [1.165, 1.54) is 24.0 Å². The molecule has 0 atom stereocenters. The molecule has 1 saturated heterocycles. The molecule has 2 aromatic rings. The fraction of sp³-hybridized carbons (Fsp3) is 0.316. The standard InChI is InChI=1S/C19H22N2O/c20-19(21-12-4-5-13-21)15-22-18-10-8-17(9-11-18)14-16-6-2-1-3-7-16/h1-3,6-11,20H,4-5,12-15H2. The van der Waals surface area contributed by atoms with E-state index in [-0.39, 0.29) is 0 Å². The minimum atomic E-state index is 0.359. The van der Waals surface area contributed by atoms with E-state index in [9.17, 15) is 0 Å². The van der Waals surface area contributed by atoms with Crippen LogP contribution in [0.15, 0.2) is 54.6 Å². The third-order valence-corrected chi connectivity index (χ3v) is 4.04. The van der Waals surface area contributed by atoms with Crippen molar-refractivity contribution in [3.05, 3.63) is 65.7 Å². The number of benzene rings is 2. The van der Waals surface area contributed by atoms with Gasteiger partial charge in [-0.05, 0) is 42.5 Å². The van der Waals surface area contributed by atoms with Crippen molar-refractivity contribution in [1.29, 1.82) is 5.41 Å². The van der Waals surface area contributed by atoms with Gasteiger partial charge in [0.25, 0.3) is 0 Å². The Hall–Kier alpha value is -2.29. The van der Waals surface area contributed by atoms with Gasteiger partial charge in [0.05, 0.1) is 0 Å². The quantitative estimate of drug-likeness (QED) is 0.674. The number of nitrogens with zero attached hydrogens (tertiary/aromatic N) is 1. The maximum Gasteiger partial charge on any atom is 0.145 e. The van der Waals surface area contributed by atoms with Crippen LogP contribution < -0.4 is 4.74 Å². The molecule has 0 radical (unpaired) electrons. The first-order valence-electron chi connectivity index (χ1n) is 7.89. The lowest BCUT2D eigenvalue weighted by Crippen LogP contribution is -2.31. The summed E-state index contributed by atoms with van der Waals surface area (Å²) in [5.74, 6) is 1.42. The molecule has 3 rings (SSSR count). The average Bonchev–Trinajstić information content (AvgIpc) is 3.09. The number of likely N-dealkylation sites (tertiary alicyclic amines) is 1. The molecule has 3 nitrogen and oxygen atoms in total. The van der Waals surface area contributed by atoms with Gasteiger partial charge in [0.1, 0.15) is 18.2 Å². The van der Waals surface area contributed by atoms with Gasteiger partial charge in [0, 0.05) is 13.1 Å². The Bertz CT molecular complexity index is 601. The van der Waals surface area contributed by atoms with E-state index in [2.05, 4.69) is 41.3 Å². The van der Waals surface area contributed by atoms with E-state index in [0.717, 1.165) is 25.3 Å². The predicted molar refractivity (Wildman–Crippen MR) is 89.7 cm³/mol. The summed E-state index contributed by atoms with van der Waals surface area (Å²) in [4.78, 5) is 2.10. The Morgan fingerprint density at radius 1 is 0.909 bits per heavy atom. The van der Waals surface area contributed by atoms with Gasteiger partial charge >= 0.3 is 0 Å². The van der Waals surface area contributed by atoms with Crippen molar-refractivity contribution < 1.29 is 4.74 Å². The number of hydrogen-bond donors (Lipinski definition) is 1. The van der Waals surface area contributed by atoms with Crippen LogP contribution in [0, 0.1) is 5.41 Å². The molecule has 1 aliphatic rings. The van der Waals surface area contributed by atoms with Crippen molar-refractivity contribution in [3.8, 4) is 5.75 Å². The SMILES string of the molecule is N=C(COc1ccc(Cc2ccccc2)cc1)N1CCCC1. The molecule has 1 fully saturated rings. The molecule has 2 aromatic carbocycles. The fourth-order valence-corrected chi connectivity index (χ4v) is 2.77. The minimum absolute atomic E-state index is 0.359. The molecule has 3 heteroatoms. The van der Waals surface area contributed by atoms with Gasteiger partial charge in [0.15, 0.2) is 0 Å². The monoisotopic (exact) mass is 294 g/mol. The van der Waals surface area contributed by atoms with Gasteiger partial charge in [-0.2, -0.15) is 0 Å². The normalized spacial score (nSPS) is 14.1. The van der Waals surface area contributed by atoms with Gasteiger partial charge in [-0.1, -0.05) is 42.5 Å². The summed E-state index contributed by atoms with van der Waals surface area (Å²) in [6.07, 6.45) is 3.32. The van der Waals surface area contributed by atoms with E-state index in [1.54, 1.807) is 0 Å². The summed E-state index contributed by atoms with van der Waals surface area (Å²) in [7, 11) is 0. The highest BCUT2D eigenvalue weighted by molar-refractivity contribution is 5.80. The molecule has 1 N–H and O–H groups in total. The maximum absolute atomic E-state index is 8.03. The van der Waals surface area contributed by atoms with Crippen molar-refractivity contribution in [3.63, 3.8) is 0 Å². The summed E-state index contributed by atoms with van der Waals surface area (Å²) in [5.41, 5.74) is 2.58. The van der Waals surface area contributed by atoms with Crippen LogP contribution in [-0.4, -0.2) is 30.4 Å². The van der Waals surface area contributed by atoms with Crippen LogP contribution in [0.2, 0.25) is 0 Å². The lowest BCUT2D eigenvalue weighted by molar-refractivity contribution is 0.349. The van der Waals surface area contributed by atoms with Gasteiger partial charge < -0.3 is 9.64 Å². The van der Waals surface area contributed by atoms with Crippen molar-refractivity contribution in [2.75, 3.05) is 19.7 Å². The van der Waals surface area contributed by atoms with Gasteiger partial charge in [-0.3, -0.25) is 5.41 Å². The van der Waals surface area contributed by atoms with Gasteiger partial charge in [-0.25, -0.2) is 0 Å². The molecule has 1 aliphatic heterocycles. The van der Waals surface area contributed by atoms with Crippen molar-refractivity contribution in [2.24, 2.45) is 0 Å². The second kappa shape index (κ2) is 7.12. The summed E-state index contributed by atoms with van der Waals surface area (Å²) >= 11 is 0. The molecule has 0 aromatic heterocycles. The minimum Gasteiger partial charge on any atom is -0.486 e. The highest BCUT2D eigenvalue weighted by Crippen LogP contribution is 2.16. The second-order valence-corrected chi connectivity index (χ2v) is 5.74. The van der Waals surface area contributed by atoms with Crippen LogP contribution in [0.25, 0.3) is 0 Å². The number of hydrogen-bond acceptors (Lipinski definition) is 2. The highest BCUT2D eigenvalue weighted by Gasteiger charge is 2.14. The van der Waals surface area contributed by atoms with E-state index in [4.69, 9.17) is 10.1 Å². The third-order valence-electron chi connectivity index (χ3n) is 4.04. The first kappa shape index (κ1) is 14.6. The van der Waals surface area contributed by atoms with Crippen LogP contribution in [-0.2, 0) is 6.42 Å². The Balaban J connectivity index is 1.52. The summed E-state index contributed by atoms with van der Waals surface area (Å²) in [6.45, 7) is 2.36. The fourth-order valence-electron chi connectivity index (χ4n) is 2.77. The molecule has 0 aliphatic carbocycles. The number of rotatable bonds is 5. The molecule has 0 amide bonds. The topological polar surface area (TPSA) is 36.3 Å². The van der Waals surface area contributed by atoms with Crippen molar-refractivity contribution >= 4 is 5.84 Å². The smallest absolute Gasteiger partial charge is 0.145 e. The molecule has 0 unspecified atom stereocenters. The zero-order valence-corrected chi connectivity index (χ0v) is 12.8. The third kappa shape index (κ3) is 3.88. The second-order valence-electron chi connectivity index (χ2n) is 5.74. The Kier molecular flexibility index (Phi) is 4.74. The molecule has 0 spiro atoms. The zero-order chi connectivity index (χ0) is 15.2. The van der Waals surface area contributed by atoms with E-state index < -0.39 is 0 Å². The van der Waals surface area contributed by atoms with Gasteiger partial charge in [-0.15, -0.1) is 0 Å². The molecule has 0 saturated carbocycles. The lowest BCUT2D eigenvalue weighted by atomic mass is 10.1. The van der Waals surface area contributed by atoms with Crippen LogP contribution in [0.4, 0.5) is 0 Å². The van der Waals surface area contributed by atoms with Crippen LogP contribution in [0.5, 0.6) is 5.75 Å². The van der Waals surface area contributed by atoms with Crippen molar-refractivity contribution in [1.82, 2.24) is 4.90 Å². The van der Waals surface area contributed by atoms with E-state index in [0.29, 0.717) is 12.4 Å². The van der Waals surface area contributed by atoms with E-state index in [1.807, 2.05) is 18.2 Å². The number of amidine groups is 1. The zero-order valence-electron chi connectivity index (χ0n) is 12.8. The highest BCUT2D eigenvalue weighted by atomic mass is 16.5. The van der Waals surface area contributed by atoms with Crippen LogP contribution in [0.3, 0.4) is 0 Å². The summed E-state index contributed by atoms with van der Waals surface area (Å²) in [6, 6.07) is 18.6. The Morgan fingerprint density at radius 2 is 1.55 bits per heavy atom. The lowest BCUT2D eigenvalue weighted by Gasteiger charge is -2.18. The molecule has 22 heavy (non-hydrogen) atoms. The Labute approximate surface area is 132 Å². The van der Waals surface area contributed by atoms with Crippen molar-refractivity contribution in [2.45, 2.75) is 19.3 Å².